The summed E-state index contributed by atoms with van der Waals surface area (Å²) >= 11 is 0. The molecule has 3 rings (SSSR count). The summed E-state index contributed by atoms with van der Waals surface area (Å²) in [6.45, 7) is 0.393. The molecule has 0 saturated carbocycles. The van der Waals surface area contributed by atoms with E-state index < -0.39 is 5.91 Å². The summed E-state index contributed by atoms with van der Waals surface area (Å²) in [5.41, 5.74) is 6.71. The van der Waals surface area contributed by atoms with Gasteiger partial charge in [0.15, 0.2) is 0 Å². The first-order valence-electron chi connectivity index (χ1n) is 8.56. The fourth-order valence-corrected chi connectivity index (χ4v) is 3.50. The second-order valence-corrected chi connectivity index (χ2v) is 6.56. The first-order chi connectivity index (χ1) is 12.0. The number of carbonyl (C=O) groups excluding carboxylic acids is 3. The minimum Gasteiger partial charge on any atom is -0.398 e. The van der Waals surface area contributed by atoms with E-state index in [2.05, 4.69) is 10.3 Å². The molecule has 2 unspecified atom stereocenters. The molecule has 2 aliphatic heterocycles. The molecule has 2 atom stereocenters. The van der Waals surface area contributed by atoms with Crippen molar-refractivity contribution in [3.8, 4) is 0 Å². The lowest BCUT2D eigenvalue weighted by atomic mass is 9.87. The molecule has 3 heterocycles. The van der Waals surface area contributed by atoms with Crippen LogP contribution in [0.3, 0.4) is 0 Å². The maximum absolute atomic E-state index is 12.4. The second-order valence-electron chi connectivity index (χ2n) is 6.56. The number of pyridine rings is 1. The third kappa shape index (κ3) is 4.04. The number of imide groups is 1. The average Bonchev–Trinajstić information content (AvgIpc) is 2.62. The number of nitrogens with one attached hydrogen (secondary N) is 1. The van der Waals surface area contributed by atoms with Gasteiger partial charge in [-0.1, -0.05) is 0 Å². The van der Waals surface area contributed by atoms with Gasteiger partial charge in [0.1, 0.15) is 0 Å². The van der Waals surface area contributed by atoms with E-state index in [0.29, 0.717) is 24.9 Å². The Morgan fingerprint density at radius 3 is 2.92 bits per heavy atom. The summed E-state index contributed by atoms with van der Waals surface area (Å²) in [6.07, 6.45) is 8.32. The molecule has 7 nitrogen and oxygen atoms in total. The van der Waals surface area contributed by atoms with Crippen LogP contribution in [0.2, 0.25) is 0 Å². The molecule has 7 heteroatoms. The molecule has 0 radical (unpaired) electrons. The van der Waals surface area contributed by atoms with Crippen molar-refractivity contribution < 1.29 is 14.4 Å². The van der Waals surface area contributed by atoms with Crippen molar-refractivity contribution in [1.82, 2.24) is 15.2 Å². The minimum absolute atomic E-state index is 0.112. The molecule has 132 valence electrons. The van der Waals surface area contributed by atoms with Crippen LogP contribution in [0.25, 0.3) is 5.70 Å². The SMILES string of the molecule is NC(=CC(=O)NC(=O)C1CCC2CCCC(=O)N2C1)c1cccnc1. The standard InChI is InChI=1S/C18H22N4O3/c19-15(12-3-2-8-20-10-12)9-16(23)21-18(25)13-6-7-14-4-1-5-17(24)22(14)11-13/h2-3,8-10,13-14H,1,4-7,11,19H2,(H,21,23,25). The predicted molar refractivity (Wildman–Crippen MR) is 91.6 cm³/mol. The number of piperidine rings is 2. The fourth-order valence-electron chi connectivity index (χ4n) is 3.50. The Bertz CT molecular complexity index is 702. The van der Waals surface area contributed by atoms with Crippen molar-refractivity contribution in [2.24, 2.45) is 11.7 Å². The van der Waals surface area contributed by atoms with E-state index in [4.69, 9.17) is 5.73 Å². The average molecular weight is 342 g/mol. The lowest BCUT2D eigenvalue weighted by Gasteiger charge is -2.41. The number of carbonyl (C=O) groups is 3. The number of nitrogens with two attached hydrogens (primary N) is 1. The summed E-state index contributed by atoms with van der Waals surface area (Å²) in [6, 6.07) is 3.70. The minimum atomic E-state index is -0.557. The Balaban J connectivity index is 1.58. The molecule has 3 amide bonds. The van der Waals surface area contributed by atoms with Crippen molar-refractivity contribution in [2.75, 3.05) is 6.54 Å². The summed E-state index contributed by atoms with van der Waals surface area (Å²) < 4.78 is 0. The van der Waals surface area contributed by atoms with Gasteiger partial charge in [-0.3, -0.25) is 24.7 Å². The number of amides is 3. The van der Waals surface area contributed by atoms with E-state index in [-0.39, 0.29) is 29.5 Å². The van der Waals surface area contributed by atoms with E-state index >= 15 is 0 Å². The van der Waals surface area contributed by atoms with Gasteiger partial charge in [-0.15, -0.1) is 0 Å². The predicted octanol–water partition coefficient (Wildman–Crippen LogP) is 0.815. The van der Waals surface area contributed by atoms with Crippen LogP contribution in [0.15, 0.2) is 30.6 Å². The number of nitrogens with zero attached hydrogens (tertiary/aromatic N) is 2. The van der Waals surface area contributed by atoms with Crippen molar-refractivity contribution in [3.63, 3.8) is 0 Å². The Morgan fingerprint density at radius 2 is 2.16 bits per heavy atom. The largest absolute Gasteiger partial charge is 0.398 e. The fraction of sp³-hybridized carbons (Fsp3) is 0.444. The Morgan fingerprint density at radius 1 is 1.32 bits per heavy atom. The summed E-state index contributed by atoms with van der Waals surface area (Å²) in [7, 11) is 0. The van der Waals surface area contributed by atoms with Gasteiger partial charge in [-0.25, -0.2) is 0 Å². The van der Waals surface area contributed by atoms with Crippen molar-refractivity contribution in [1.29, 1.82) is 0 Å². The van der Waals surface area contributed by atoms with E-state index in [1.807, 2.05) is 4.90 Å². The quantitative estimate of drug-likeness (QED) is 0.791. The summed E-state index contributed by atoms with van der Waals surface area (Å²) in [5, 5.41) is 2.37. The Labute approximate surface area is 146 Å². The number of hydrogen-bond acceptors (Lipinski definition) is 5. The highest BCUT2D eigenvalue weighted by Crippen LogP contribution is 2.29. The Kier molecular flexibility index (Phi) is 5.11. The molecular formula is C18H22N4O3. The highest BCUT2D eigenvalue weighted by atomic mass is 16.2. The molecule has 2 aliphatic rings. The number of hydrogen-bond donors (Lipinski definition) is 2. The van der Waals surface area contributed by atoms with Crippen molar-refractivity contribution >= 4 is 23.4 Å². The lowest BCUT2D eigenvalue weighted by molar-refractivity contribution is -0.142. The molecule has 0 aromatic carbocycles. The molecule has 3 N–H and O–H groups in total. The third-order valence-electron chi connectivity index (χ3n) is 4.85. The van der Waals surface area contributed by atoms with Crippen molar-refractivity contribution in [2.45, 2.75) is 38.1 Å². The smallest absolute Gasteiger partial charge is 0.252 e. The number of rotatable bonds is 3. The normalized spacial score (nSPS) is 23.8. The van der Waals surface area contributed by atoms with Gasteiger partial charge in [0.25, 0.3) is 5.91 Å². The first-order valence-corrected chi connectivity index (χ1v) is 8.56. The highest BCUT2D eigenvalue weighted by molar-refractivity contribution is 6.04. The zero-order valence-electron chi connectivity index (χ0n) is 14.0. The van der Waals surface area contributed by atoms with Crippen LogP contribution in [-0.2, 0) is 14.4 Å². The third-order valence-corrected chi connectivity index (χ3v) is 4.85. The maximum atomic E-state index is 12.4. The second kappa shape index (κ2) is 7.46. The number of fused-ring (bicyclic) bond motifs is 1. The van der Waals surface area contributed by atoms with Crippen LogP contribution in [0.1, 0.15) is 37.7 Å². The van der Waals surface area contributed by atoms with Gasteiger partial charge >= 0.3 is 0 Å². The van der Waals surface area contributed by atoms with Crippen LogP contribution < -0.4 is 11.1 Å². The molecule has 1 aromatic heterocycles. The zero-order chi connectivity index (χ0) is 17.8. The molecule has 25 heavy (non-hydrogen) atoms. The van der Waals surface area contributed by atoms with Gasteiger partial charge in [0.05, 0.1) is 5.92 Å². The zero-order valence-corrected chi connectivity index (χ0v) is 14.0. The van der Waals surface area contributed by atoms with Gasteiger partial charge in [-0.2, -0.15) is 0 Å². The molecule has 0 aliphatic carbocycles. The highest BCUT2D eigenvalue weighted by Gasteiger charge is 2.36. The number of aromatic nitrogens is 1. The van der Waals surface area contributed by atoms with E-state index in [9.17, 15) is 14.4 Å². The van der Waals surface area contributed by atoms with Crippen LogP contribution >= 0.6 is 0 Å². The molecule has 2 fully saturated rings. The van der Waals surface area contributed by atoms with Crippen molar-refractivity contribution in [3.05, 3.63) is 36.2 Å². The molecule has 2 saturated heterocycles. The molecular weight excluding hydrogens is 320 g/mol. The topological polar surface area (TPSA) is 105 Å². The van der Waals surface area contributed by atoms with Crippen LogP contribution in [0.4, 0.5) is 0 Å². The lowest BCUT2D eigenvalue weighted by Crippen LogP contribution is -2.52. The van der Waals surface area contributed by atoms with E-state index in [1.54, 1.807) is 24.5 Å². The van der Waals surface area contributed by atoms with Gasteiger partial charge in [0, 0.05) is 48.7 Å². The van der Waals surface area contributed by atoms with Gasteiger partial charge in [-0.05, 0) is 37.8 Å². The van der Waals surface area contributed by atoms with Crippen LogP contribution in [-0.4, -0.2) is 40.2 Å². The molecule has 0 bridgehead atoms. The van der Waals surface area contributed by atoms with Crippen LogP contribution in [0, 0.1) is 5.92 Å². The molecule has 1 aromatic rings. The molecule has 0 spiro atoms. The summed E-state index contributed by atoms with van der Waals surface area (Å²) in [4.78, 5) is 42.2. The van der Waals surface area contributed by atoms with Crippen LogP contribution in [0.5, 0.6) is 0 Å². The summed E-state index contributed by atoms with van der Waals surface area (Å²) in [5.74, 6) is -1.15. The van der Waals surface area contributed by atoms with Gasteiger partial charge < -0.3 is 10.6 Å². The van der Waals surface area contributed by atoms with Gasteiger partial charge in [0.2, 0.25) is 11.8 Å². The first kappa shape index (κ1) is 17.1. The Hall–Kier alpha value is -2.70. The van der Waals surface area contributed by atoms with E-state index in [1.165, 1.54) is 6.08 Å². The maximum Gasteiger partial charge on any atom is 0.252 e. The van der Waals surface area contributed by atoms with E-state index in [0.717, 1.165) is 19.3 Å². The monoisotopic (exact) mass is 342 g/mol.